The molecular weight excluding hydrogens is 302 g/mol. The van der Waals surface area contributed by atoms with Gasteiger partial charge < -0.3 is 15.2 Å². The van der Waals surface area contributed by atoms with Crippen LogP contribution in [0.3, 0.4) is 0 Å². The quantitative estimate of drug-likeness (QED) is 0.782. The van der Waals surface area contributed by atoms with Gasteiger partial charge in [0.1, 0.15) is 0 Å². The van der Waals surface area contributed by atoms with Gasteiger partial charge in [0.2, 0.25) is 5.91 Å². The van der Waals surface area contributed by atoms with Crippen molar-refractivity contribution in [3.8, 4) is 11.5 Å². The highest BCUT2D eigenvalue weighted by atomic mass is 16.5. The highest BCUT2D eigenvalue weighted by molar-refractivity contribution is 5.79. The molecule has 1 aliphatic rings. The molecule has 4 nitrogen and oxygen atoms in total. The molecular formula is C20H27NO3. The van der Waals surface area contributed by atoms with Crippen molar-refractivity contribution in [1.29, 1.82) is 0 Å². The smallest absolute Gasteiger partial charge is 0.224 e. The van der Waals surface area contributed by atoms with Gasteiger partial charge in [-0.25, -0.2) is 0 Å². The summed E-state index contributed by atoms with van der Waals surface area (Å²) in [6, 6.07) is 5.26. The van der Waals surface area contributed by atoms with E-state index in [-0.39, 0.29) is 17.7 Å². The molecule has 0 heterocycles. The number of nitrogens with one attached hydrogen (secondary N) is 1. The van der Waals surface area contributed by atoms with Crippen LogP contribution in [0.15, 0.2) is 42.5 Å². The first kappa shape index (κ1) is 18.1. The molecule has 2 N–H and O–H groups in total. The number of carbonyl (C=O) groups is 1. The van der Waals surface area contributed by atoms with Crippen molar-refractivity contribution < 1.29 is 14.6 Å². The third-order valence-corrected chi connectivity index (χ3v) is 4.40. The number of phenols is 1. The van der Waals surface area contributed by atoms with Gasteiger partial charge in [0, 0.05) is 6.04 Å². The van der Waals surface area contributed by atoms with E-state index < -0.39 is 0 Å². The maximum atomic E-state index is 12.2. The van der Waals surface area contributed by atoms with E-state index in [4.69, 9.17) is 4.74 Å². The van der Waals surface area contributed by atoms with Crippen LogP contribution >= 0.6 is 0 Å². The second kappa shape index (κ2) is 8.57. The number of amides is 1. The minimum absolute atomic E-state index is 0.0173. The fourth-order valence-electron chi connectivity index (χ4n) is 3.05. The summed E-state index contributed by atoms with van der Waals surface area (Å²) in [6.45, 7) is 5.88. The van der Waals surface area contributed by atoms with Gasteiger partial charge in [-0.15, -0.1) is 0 Å². The summed E-state index contributed by atoms with van der Waals surface area (Å²) in [5, 5.41) is 12.7. The topological polar surface area (TPSA) is 58.6 Å². The molecule has 1 fully saturated rings. The van der Waals surface area contributed by atoms with Crippen LogP contribution in [0.4, 0.5) is 0 Å². The summed E-state index contributed by atoms with van der Waals surface area (Å²) in [6.07, 6.45) is 8.84. The number of allylic oxidation sites excluding steroid dienone is 3. The Kier molecular flexibility index (Phi) is 6.47. The zero-order valence-corrected chi connectivity index (χ0v) is 14.5. The molecule has 0 saturated heterocycles. The first-order valence-electron chi connectivity index (χ1n) is 8.47. The van der Waals surface area contributed by atoms with Crippen LogP contribution in [0.1, 0.15) is 38.2 Å². The van der Waals surface area contributed by atoms with Crippen molar-refractivity contribution in [1.82, 2.24) is 5.32 Å². The molecule has 0 aliphatic heterocycles. The summed E-state index contributed by atoms with van der Waals surface area (Å²) >= 11 is 0. The number of carbonyl (C=O) groups excluding carboxylic acids is 1. The number of phenolic OH excluding ortho intramolecular Hbond substituents is 1. The molecule has 130 valence electrons. The lowest BCUT2D eigenvalue weighted by atomic mass is 9.85. The Bertz CT molecular complexity index is 613. The van der Waals surface area contributed by atoms with E-state index in [1.165, 1.54) is 7.11 Å². The first-order valence-corrected chi connectivity index (χ1v) is 8.47. The van der Waals surface area contributed by atoms with E-state index in [9.17, 15) is 9.90 Å². The summed E-state index contributed by atoms with van der Waals surface area (Å²) in [5.74, 6) is 1.09. The second-order valence-electron chi connectivity index (χ2n) is 6.57. The zero-order valence-electron chi connectivity index (χ0n) is 14.5. The predicted octanol–water partition coefficient (Wildman–Crippen LogP) is 3.75. The maximum Gasteiger partial charge on any atom is 0.224 e. The predicted molar refractivity (Wildman–Crippen MR) is 96.2 cm³/mol. The number of methoxy groups -OCH3 is 1. The first-order chi connectivity index (χ1) is 11.5. The number of rotatable bonds is 6. The van der Waals surface area contributed by atoms with Crippen molar-refractivity contribution in [2.24, 2.45) is 5.92 Å². The second-order valence-corrected chi connectivity index (χ2v) is 6.57. The van der Waals surface area contributed by atoms with Gasteiger partial charge in [0.05, 0.1) is 13.5 Å². The Morgan fingerprint density at radius 1 is 1.38 bits per heavy atom. The van der Waals surface area contributed by atoms with Gasteiger partial charge in [-0.05, 0) is 56.2 Å². The molecule has 0 unspecified atom stereocenters. The van der Waals surface area contributed by atoms with E-state index in [1.54, 1.807) is 18.2 Å². The molecule has 0 aromatic heterocycles. The van der Waals surface area contributed by atoms with Gasteiger partial charge in [0.15, 0.2) is 11.5 Å². The van der Waals surface area contributed by atoms with Gasteiger partial charge >= 0.3 is 0 Å². The van der Waals surface area contributed by atoms with Crippen LogP contribution in [0.2, 0.25) is 0 Å². The number of hydrogen-bond acceptors (Lipinski definition) is 3. The van der Waals surface area contributed by atoms with Crippen LogP contribution in [0.5, 0.6) is 11.5 Å². The Morgan fingerprint density at radius 2 is 2.08 bits per heavy atom. The average molecular weight is 329 g/mol. The van der Waals surface area contributed by atoms with E-state index >= 15 is 0 Å². The lowest BCUT2D eigenvalue weighted by Gasteiger charge is -2.27. The van der Waals surface area contributed by atoms with Gasteiger partial charge in [-0.1, -0.05) is 30.4 Å². The highest BCUT2D eigenvalue weighted by Crippen LogP contribution is 2.27. The minimum atomic E-state index is 0.0173. The lowest BCUT2D eigenvalue weighted by Crippen LogP contribution is -2.38. The van der Waals surface area contributed by atoms with Crippen LogP contribution in [-0.2, 0) is 11.2 Å². The Balaban J connectivity index is 1.80. The number of benzene rings is 1. The SMILES string of the molecule is C=C(C)/C=C/C1CCC(NC(=O)Cc2ccc(O)c(OC)c2)CC1. The molecule has 24 heavy (non-hydrogen) atoms. The molecule has 0 spiro atoms. The molecule has 4 heteroatoms. The highest BCUT2D eigenvalue weighted by Gasteiger charge is 2.21. The molecule has 1 aromatic carbocycles. The molecule has 1 saturated carbocycles. The third-order valence-electron chi connectivity index (χ3n) is 4.40. The van der Waals surface area contributed by atoms with Crippen LogP contribution in [0, 0.1) is 5.92 Å². The van der Waals surface area contributed by atoms with Gasteiger partial charge in [-0.2, -0.15) is 0 Å². The average Bonchev–Trinajstić information content (AvgIpc) is 2.56. The standard InChI is InChI=1S/C20H27NO3/c1-14(2)4-5-15-6-9-17(10-7-15)21-20(23)13-16-8-11-18(22)19(12-16)24-3/h4-5,8,11-12,15,17,22H,1,6-7,9-10,13H2,2-3H3,(H,21,23)/b5-4+. The van der Waals surface area contributed by atoms with Crippen molar-refractivity contribution in [3.63, 3.8) is 0 Å². The van der Waals surface area contributed by atoms with Crippen molar-refractivity contribution in [3.05, 3.63) is 48.1 Å². The molecule has 2 rings (SSSR count). The van der Waals surface area contributed by atoms with Crippen molar-refractivity contribution >= 4 is 5.91 Å². The van der Waals surface area contributed by atoms with Crippen molar-refractivity contribution in [2.75, 3.05) is 7.11 Å². The van der Waals surface area contributed by atoms with Crippen LogP contribution in [0.25, 0.3) is 0 Å². The van der Waals surface area contributed by atoms with E-state index in [1.807, 2.05) is 6.92 Å². The molecule has 0 bridgehead atoms. The minimum Gasteiger partial charge on any atom is -0.504 e. The maximum absolute atomic E-state index is 12.2. The van der Waals surface area contributed by atoms with Gasteiger partial charge in [-0.3, -0.25) is 4.79 Å². The molecule has 1 aromatic rings. The Hall–Kier alpha value is -2.23. The number of hydrogen-bond donors (Lipinski definition) is 2. The van der Waals surface area contributed by atoms with Crippen molar-refractivity contribution in [2.45, 2.75) is 45.1 Å². The summed E-state index contributed by atoms with van der Waals surface area (Å²) < 4.78 is 5.07. The monoisotopic (exact) mass is 329 g/mol. The molecule has 1 amide bonds. The molecule has 0 atom stereocenters. The van der Waals surface area contributed by atoms with E-state index in [2.05, 4.69) is 24.0 Å². The number of aromatic hydroxyl groups is 1. The Labute approximate surface area is 144 Å². The van der Waals surface area contributed by atoms with Crippen LogP contribution in [-0.4, -0.2) is 24.2 Å². The third kappa shape index (κ3) is 5.44. The fourth-order valence-corrected chi connectivity index (χ4v) is 3.05. The lowest BCUT2D eigenvalue weighted by molar-refractivity contribution is -0.121. The Morgan fingerprint density at radius 3 is 2.71 bits per heavy atom. The summed E-state index contributed by atoms with van der Waals surface area (Å²) in [7, 11) is 1.50. The molecule has 0 radical (unpaired) electrons. The summed E-state index contributed by atoms with van der Waals surface area (Å²) in [4.78, 5) is 12.2. The fraction of sp³-hybridized carbons (Fsp3) is 0.450. The van der Waals surface area contributed by atoms with E-state index in [0.717, 1.165) is 36.8 Å². The van der Waals surface area contributed by atoms with Crippen LogP contribution < -0.4 is 10.1 Å². The largest absolute Gasteiger partial charge is 0.504 e. The van der Waals surface area contributed by atoms with E-state index in [0.29, 0.717) is 18.1 Å². The van der Waals surface area contributed by atoms with Gasteiger partial charge in [0.25, 0.3) is 0 Å². The number of ether oxygens (including phenoxy) is 1. The normalized spacial score (nSPS) is 20.8. The zero-order chi connectivity index (χ0) is 17.5. The summed E-state index contributed by atoms with van der Waals surface area (Å²) in [5.41, 5.74) is 1.91. The molecule has 1 aliphatic carbocycles.